The van der Waals surface area contributed by atoms with Crippen molar-refractivity contribution in [1.82, 2.24) is 4.90 Å². The molecule has 0 aromatic heterocycles. The van der Waals surface area contributed by atoms with Crippen LogP contribution < -0.4 is 5.06 Å². The van der Waals surface area contributed by atoms with E-state index in [0.717, 1.165) is 17.6 Å². The number of carbonyl (C=O) groups excluding carboxylic acids is 2. The average molecular weight is 516 g/mol. The molecule has 0 unspecified atom stereocenters. The van der Waals surface area contributed by atoms with E-state index in [1.54, 1.807) is 4.90 Å². The van der Waals surface area contributed by atoms with Gasteiger partial charge in [0, 0.05) is 18.2 Å². The Balaban J connectivity index is 1.59. The Labute approximate surface area is 207 Å². The summed E-state index contributed by atoms with van der Waals surface area (Å²) in [7, 11) is 1.48. The molecule has 10 heteroatoms. The highest BCUT2D eigenvalue weighted by molar-refractivity contribution is 6.67. The number of para-hydroxylation sites is 1. The van der Waals surface area contributed by atoms with E-state index in [0.29, 0.717) is 25.1 Å². The first-order chi connectivity index (χ1) is 15.7. The molecule has 0 N–H and O–H groups in total. The molecular formula is C23H25Cl3N2O5. The Morgan fingerprint density at radius 2 is 2.06 bits per heavy atom. The molecule has 178 valence electrons. The lowest BCUT2D eigenvalue weighted by Gasteiger charge is -2.44. The molecule has 4 bridgehead atoms. The van der Waals surface area contributed by atoms with Gasteiger partial charge in [-0.2, -0.15) is 5.06 Å². The van der Waals surface area contributed by atoms with Gasteiger partial charge in [-0.15, -0.1) is 0 Å². The molecule has 1 aromatic rings. The van der Waals surface area contributed by atoms with Crippen LogP contribution in [0.3, 0.4) is 0 Å². The maximum atomic E-state index is 13.9. The van der Waals surface area contributed by atoms with Gasteiger partial charge in [0.05, 0.1) is 25.5 Å². The van der Waals surface area contributed by atoms with Crippen molar-refractivity contribution in [2.45, 2.75) is 47.5 Å². The number of hydrogen-bond acceptors (Lipinski definition) is 5. The van der Waals surface area contributed by atoms with E-state index in [1.807, 2.05) is 30.5 Å². The summed E-state index contributed by atoms with van der Waals surface area (Å²) >= 11 is 17.4. The summed E-state index contributed by atoms with van der Waals surface area (Å²) in [6.45, 7) is 2.15. The molecule has 3 fully saturated rings. The highest BCUT2D eigenvalue weighted by Gasteiger charge is 2.64. The fraction of sp³-hybridized carbons (Fsp3) is 0.565. The number of halogens is 3. The zero-order valence-electron chi connectivity index (χ0n) is 18.3. The molecule has 7 nitrogen and oxygen atoms in total. The van der Waals surface area contributed by atoms with Crippen molar-refractivity contribution < 1.29 is 23.9 Å². The largest absolute Gasteiger partial charge is 0.445 e. The van der Waals surface area contributed by atoms with E-state index >= 15 is 0 Å². The molecule has 1 aromatic carbocycles. The van der Waals surface area contributed by atoms with Gasteiger partial charge in [-0.25, -0.2) is 4.79 Å². The second-order valence-corrected chi connectivity index (χ2v) is 11.5. The van der Waals surface area contributed by atoms with Gasteiger partial charge >= 0.3 is 6.09 Å². The molecule has 4 heterocycles. The number of hydroxylamine groups is 1. The van der Waals surface area contributed by atoms with Crippen molar-refractivity contribution in [1.29, 1.82) is 0 Å². The Bertz CT molecular complexity index is 1010. The fourth-order valence-corrected chi connectivity index (χ4v) is 6.30. The van der Waals surface area contributed by atoms with Crippen LogP contribution in [0.5, 0.6) is 0 Å². The summed E-state index contributed by atoms with van der Waals surface area (Å²) in [6, 6.07) is 7.31. The molecule has 1 spiro atoms. The third-order valence-electron chi connectivity index (χ3n) is 7.52. The summed E-state index contributed by atoms with van der Waals surface area (Å²) in [4.78, 5) is 34.1. The van der Waals surface area contributed by atoms with E-state index in [2.05, 4.69) is 6.92 Å². The number of amides is 2. The minimum absolute atomic E-state index is 0.0393. The van der Waals surface area contributed by atoms with Crippen molar-refractivity contribution in [2.75, 3.05) is 25.4 Å². The Morgan fingerprint density at radius 1 is 1.30 bits per heavy atom. The van der Waals surface area contributed by atoms with Gasteiger partial charge in [-0.1, -0.05) is 65.5 Å². The Kier molecular flexibility index (Phi) is 5.85. The van der Waals surface area contributed by atoms with Crippen LogP contribution in [0.15, 0.2) is 36.0 Å². The first-order valence-electron chi connectivity index (χ1n) is 11.0. The lowest BCUT2D eigenvalue weighted by molar-refractivity contribution is -0.137. The average Bonchev–Trinajstić information content (AvgIpc) is 2.88. The third-order valence-corrected chi connectivity index (χ3v) is 7.85. The standard InChI is InChI=1S/C23H25Cl3N2O5/c1-3-13-10-27(21(30)33-12-23(24,25)26)18-9-22(19-8-14(13)15(18)11-32-19)16-6-4-5-7-17(16)28(31-2)20(22)29/h4-7,10,14-15,18-19H,3,8-9,11-12H2,1-2H3/t14-,15+,18-,19+,22-/m0/s1. The predicted octanol–water partition coefficient (Wildman–Crippen LogP) is 4.74. The number of anilines is 1. The van der Waals surface area contributed by atoms with Crippen molar-refractivity contribution in [3.8, 4) is 0 Å². The number of nitrogens with zero attached hydrogens (tertiary/aromatic N) is 2. The van der Waals surface area contributed by atoms with Gasteiger partial charge in [-0.05, 0) is 36.8 Å². The first kappa shape index (κ1) is 23.2. The maximum absolute atomic E-state index is 13.9. The number of allylic oxidation sites excluding steroid dienone is 1. The number of alkyl halides is 3. The van der Waals surface area contributed by atoms with Crippen LogP contribution in [-0.4, -0.2) is 53.2 Å². The van der Waals surface area contributed by atoms with Crippen molar-refractivity contribution in [2.24, 2.45) is 11.8 Å². The molecule has 1 saturated carbocycles. The number of rotatable bonds is 3. The maximum Gasteiger partial charge on any atom is 0.414 e. The lowest BCUT2D eigenvalue weighted by Crippen LogP contribution is -2.51. The van der Waals surface area contributed by atoms with E-state index in [1.165, 1.54) is 12.2 Å². The van der Waals surface area contributed by atoms with Crippen molar-refractivity contribution in [3.63, 3.8) is 0 Å². The molecule has 1 aliphatic carbocycles. The van der Waals surface area contributed by atoms with Crippen LogP contribution >= 0.6 is 34.8 Å². The van der Waals surface area contributed by atoms with Crippen LogP contribution in [0.1, 0.15) is 31.7 Å². The molecule has 33 heavy (non-hydrogen) atoms. The zero-order chi connectivity index (χ0) is 23.5. The summed E-state index contributed by atoms with van der Waals surface area (Å²) in [5.41, 5.74) is 1.74. The van der Waals surface area contributed by atoms with Gasteiger partial charge in [-0.3, -0.25) is 14.5 Å². The SMILES string of the molecule is CCC1=CN(C(=O)OCC(Cl)(Cl)Cl)[C@H]2C[C@@]3(C(=O)N(OC)c4ccccc43)[C@H]3C[C@@H]1[C@H]2CO3. The first-order valence-corrected chi connectivity index (χ1v) is 12.2. The second kappa shape index (κ2) is 8.31. The normalized spacial score (nSPS) is 32.6. The highest BCUT2D eigenvalue weighted by atomic mass is 35.6. The van der Waals surface area contributed by atoms with Crippen LogP contribution in [0, 0.1) is 11.8 Å². The molecule has 5 aliphatic rings. The van der Waals surface area contributed by atoms with E-state index < -0.39 is 15.3 Å². The number of benzene rings is 1. The molecular weight excluding hydrogens is 491 g/mol. The zero-order valence-corrected chi connectivity index (χ0v) is 20.6. The quantitative estimate of drug-likeness (QED) is 0.544. The van der Waals surface area contributed by atoms with Gasteiger partial charge < -0.3 is 9.47 Å². The summed E-state index contributed by atoms with van der Waals surface area (Å²) in [5.74, 6) is 0.0846. The summed E-state index contributed by atoms with van der Waals surface area (Å²) < 4.78 is 10.0. The summed E-state index contributed by atoms with van der Waals surface area (Å²) in [5, 5.41) is 1.35. The van der Waals surface area contributed by atoms with Crippen molar-refractivity contribution >= 4 is 52.5 Å². The van der Waals surface area contributed by atoms with Crippen LogP contribution in [0.2, 0.25) is 0 Å². The molecule has 2 saturated heterocycles. The highest BCUT2D eigenvalue weighted by Crippen LogP contribution is 2.57. The monoisotopic (exact) mass is 514 g/mol. The van der Waals surface area contributed by atoms with Gasteiger partial charge in [0.25, 0.3) is 5.91 Å². The van der Waals surface area contributed by atoms with Gasteiger partial charge in [0.15, 0.2) is 0 Å². The summed E-state index contributed by atoms with van der Waals surface area (Å²) in [6.07, 6.45) is 2.81. The number of hydrogen-bond donors (Lipinski definition) is 0. The number of ether oxygens (including phenoxy) is 2. The molecule has 2 amide bonds. The smallest absolute Gasteiger partial charge is 0.414 e. The van der Waals surface area contributed by atoms with Crippen molar-refractivity contribution in [3.05, 3.63) is 41.6 Å². The minimum Gasteiger partial charge on any atom is -0.445 e. The number of carbonyl (C=O) groups is 2. The molecule has 0 radical (unpaired) electrons. The number of fused-ring (bicyclic) bond motifs is 2. The van der Waals surface area contributed by atoms with Crippen LogP contribution in [-0.2, 0) is 24.5 Å². The lowest BCUT2D eigenvalue weighted by atomic mass is 9.72. The molecule has 6 rings (SSSR count). The van der Waals surface area contributed by atoms with Crippen LogP contribution in [0.4, 0.5) is 10.5 Å². The van der Waals surface area contributed by atoms with Gasteiger partial charge in [0.1, 0.15) is 12.0 Å². The second-order valence-electron chi connectivity index (χ2n) is 9.00. The minimum atomic E-state index is -1.71. The topological polar surface area (TPSA) is 68.3 Å². The van der Waals surface area contributed by atoms with E-state index in [9.17, 15) is 9.59 Å². The van der Waals surface area contributed by atoms with E-state index in [-0.39, 0.29) is 36.5 Å². The molecule has 4 aliphatic heterocycles. The fourth-order valence-electron chi connectivity index (χ4n) is 6.14. The Morgan fingerprint density at radius 3 is 2.76 bits per heavy atom. The molecule has 5 atom stereocenters. The predicted molar refractivity (Wildman–Crippen MR) is 124 cm³/mol. The Hall–Kier alpha value is -1.51. The van der Waals surface area contributed by atoms with E-state index in [4.69, 9.17) is 49.1 Å². The van der Waals surface area contributed by atoms with Gasteiger partial charge in [0.2, 0.25) is 3.79 Å². The van der Waals surface area contributed by atoms with Crippen LogP contribution in [0.25, 0.3) is 0 Å². The third kappa shape index (κ3) is 3.55.